The Morgan fingerprint density at radius 3 is 2.37 bits per heavy atom. The van der Waals surface area contributed by atoms with Crippen LogP contribution in [0.2, 0.25) is 0 Å². The maximum atomic E-state index is 12.6. The molecular formula is C22H23NO4. The minimum absolute atomic E-state index is 0.196. The Morgan fingerprint density at radius 1 is 1.00 bits per heavy atom. The van der Waals surface area contributed by atoms with Gasteiger partial charge in [0.2, 0.25) is 0 Å². The summed E-state index contributed by atoms with van der Waals surface area (Å²) in [6, 6.07) is 16.5. The van der Waals surface area contributed by atoms with E-state index in [1.54, 1.807) is 24.3 Å². The number of esters is 1. The minimum atomic E-state index is -0.605. The number of benzene rings is 2. The third-order valence-corrected chi connectivity index (χ3v) is 4.04. The second-order valence-electron chi connectivity index (χ2n) is 7.40. The van der Waals surface area contributed by atoms with E-state index in [1.807, 2.05) is 58.0 Å². The van der Waals surface area contributed by atoms with Crippen LogP contribution in [-0.4, -0.2) is 22.2 Å². The SMILES string of the molecule is Cc1cc2c(C(=O)OCc3ccccc3)cccc2n1C(=O)OC(C)(C)C. The van der Waals surface area contributed by atoms with Gasteiger partial charge in [-0.3, -0.25) is 0 Å². The summed E-state index contributed by atoms with van der Waals surface area (Å²) in [5.74, 6) is -0.425. The summed E-state index contributed by atoms with van der Waals surface area (Å²) >= 11 is 0. The van der Waals surface area contributed by atoms with Gasteiger partial charge in [-0.15, -0.1) is 0 Å². The molecule has 0 aliphatic heterocycles. The molecule has 0 aliphatic rings. The summed E-state index contributed by atoms with van der Waals surface area (Å²) in [7, 11) is 0. The fourth-order valence-electron chi connectivity index (χ4n) is 2.89. The van der Waals surface area contributed by atoms with E-state index in [-0.39, 0.29) is 6.61 Å². The van der Waals surface area contributed by atoms with Gasteiger partial charge >= 0.3 is 12.1 Å². The number of fused-ring (bicyclic) bond motifs is 1. The van der Waals surface area contributed by atoms with Crippen LogP contribution in [0.15, 0.2) is 54.6 Å². The van der Waals surface area contributed by atoms with Gasteiger partial charge in [0.1, 0.15) is 12.2 Å². The van der Waals surface area contributed by atoms with Gasteiger partial charge in [-0.1, -0.05) is 36.4 Å². The molecule has 0 fully saturated rings. The lowest BCUT2D eigenvalue weighted by molar-refractivity contribution is 0.0473. The summed E-state index contributed by atoms with van der Waals surface area (Å²) < 4.78 is 12.4. The average Bonchev–Trinajstić information content (AvgIpc) is 2.95. The molecule has 2 aromatic carbocycles. The van der Waals surface area contributed by atoms with Gasteiger partial charge in [-0.25, -0.2) is 14.2 Å². The third-order valence-electron chi connectivity index (χ3n) is 4.04. The first-order valence-corrected chi connectivity index (χ1v) is 8.82. The van der Waals surface area contributed by atoms with Crippen LogP contribution < -0.4 is 0 Å². The number of nitrogens with zero attached hydrogens (tertiary/aromatic N) is 1. The van der Waals surface area contributed by atoms with Gasteiger partial charge in [-0.2, -0.15) is 0 Å². The van der Waals surface area contributed by atoms with Crippen LogP contribution in [-0.2, 0) is 16.1 Å². The van der Waals surface area contributed by atoms with Crippen molar-refractivity contribution in [3.63, 3.8) is 0 Å². The highest BCUT2D eigenvalue weighted by atomic mass is 16.6. The molecule has 0 saturated carbocycles. The van der Waals surface area contributed by atoms with Crippen molar-refractivity contribution in [2.45, 2.75) is 39.9 Å². The summed E-state index contributed by atoms with van der Waals surface area (Å²) in [6.45, 7) is 7.46. The van der Waals surface area contributed by atoms with Crippen molar-refractivity contribution in [1.29, 1.82) is 0 Å². The van der Waals surface area contributed by atoms with Crippen LogP contribution in [0, 0.1) is 6.92 Å². The van der Waals surface area contributed by atoms with Crippen LogP contribution in [0.5, 0.6) is 0 Å². The predicted molar refractivity (Wildman–Crippen MR) is 104 cm³/mol. The summed E-state index contributed by atoms with van der Waals surface area (Å²) in [5, 5.41) is 0.666. The number of carbonyl (C=O) groups is 2. The molecule has 0 spiro atoms. The van der Waals surface area contributed by atoms with Gasteiger partial charge in [0.05, 0.1) is 11.1 Å². The van der Waals surface area contributed by atoms with Gasteiger partial charge in [-0.05, 0) is 51.5 Å². The molecule has 3 aromatic rings. The van der Waals surface area contributed by atoms with E-state index in [0.717, 1.165) is 5.56 Å². The third kappa shape index (κ3) is 4.19. The van der Waals surface area contributed by atoms with Crippen LogP contribution >= 0.6 is 0 Å². The Kier molecular flexibility index (Phi) is 5.04. The lowest BCUT2D eigenvalue weighted by Gasteiger charge is -2.20. The normalized spacial score (nSPS) is 11.4. The molecule has 0 saturated heterocycles. The van der Waals surface area contributed by atoms with Gasteiger partial charge in [0.25, 0.3) is 0 Å². The van der Waals surface area contributed by atoms with Crippen LogP contribution in [0.4, 0.5) is 4.79 Å². The number of rotatable bonds is 3. The summed E-state index contributed by atoms with van der Waals surface area (Å²) in [5.41, 5.74) is 2.06. The zero-order chi connectivity index (χ0) is 19.6. The number of aromatic nitrogens is 1. The second kappa shape index (κ2) is 7.27. The summed E-state index contributed by atoms with van der Waals surface area (Å²) in [4.78, 5) is 25.2. The van der Waals surface area contributed by atoms with Crippen molar-refractivity contribution in [3.05, 3.63) is 71.4 Å². The van der Waals surface area contributed by atoms with E-state index < -0.39 is 17.7 Å². The summed E-state index contributed by atoms with van der Waals surface area (Å²) in [6.07, 6.45) is -0.468. The maximum absolute atomic E-state index is 12.6. The molecule has 5 heteroatoms. The van der Waals surface area contributed by atoms with Gasteiger partial charge < -0.3 is 9.47 Å². The number of ether oxygens (including phenoxy) is 2. The van der Waals surface area contributed by atoms with E-state index in [0.29, 0.717) is 22.2 Å². The first kappa shape index (κ1) is 18.7. The first-order valence-electron chi connectivity index (χ1n) is 8.82. The number of hydrogen-bond acceptors (Lipinski definition) is 4. The highest BCUT2D eigenvalue weighted by Gasteiger charge is 2.23. The molecule has 0 radical (unpaired) electrons. The fourth-order valence-corrected chi connectivity index (χ4v) is 2.89. The van der Waals surface area contributed by atoms with Gasteiger partial charge in [0, 0.05) is 11.1 Å². The maximum Gasteiger partial charge on any atom is 0.419 e. The van der Waals surface area contributed by atoms with Crippen LogP contribution in [0.25, 0.3) is 10.9 Å². The lowest BCUT2D eigenvalue weighted by atomic mass is 10.1. The molecule has 0 unspecified atom stereocenters. The zero-order valence-electron chi connectivity index (χ0n) is 16.0. The molecule has 3 rings (SSSR count). The Balaban J connectivity index is 1.90. The van der Waals surface area contributed by atoms with E-state index in [2.05, 4.69) is 0 Å². The van der Waals surface area contributed by atoms with Crippen molar-refractivity contribution >= 4 is 23.0 Å². The molecule has 27 heavy (non-hydrogen) atoms. The Morgan fingerprint density at radius 2 is 1.70 bits per heavy atom. The molecule has 0 N–H and O–H groups in total. The first-order chi connectivity index (χ1) is 12.8. The second-order valence-corrected chi connectivity index (χ2v) is 7.40. The van der Waals surface area contributed by atoms with E-state index in [4.69, 9.17) is 9.47 Å². The Hall–Kier alpha value is -3.08. The van der Waals surface area contributed by atoms with Crippen molar-refractivity contribution in [1.82, 2.24) is 4.57 Å². The topological polar surface area (TPSA) is 57.5 Å². The monoisotopic (exact) mass is 365 g/mol. The fraction of sp³-hybridized carbons (Fsp3) is 0.273. The molecule has 0 amide bonds. The minimum Gasteiger partial charge on any atom is -0.457 e. The number of hydrogen-bond donors (Lipinski definition) is 0. The molecule has 0 bridgehead atoms. The molecule has 0 aliphatic carbocycles. The average molecular weight is 365 g/mol. The van der Waals surface area contributed by atoms with Crippen molar-refractivity contribution in [3.8, 4) is 0 Å². The standard InChI is InChI=1S/C22H23NO4/c1-15-13-18-17(20(24)26-14-16-9-6-5-7-10-16)11-8-12-19(18)23(15)21(25)27-22(2,3)4/h5-13H,14H2,1-4H3. The molecule has 1 heterocycles. The quantitative estimate of drug-likeness (QED) is 0.607. The predicted octanol–water partition coefficient (Wildman–Crippen LogP) is 5.09. The highest BCUT2D eigenvalue weighted by molar-refractivity contribution is 6.06. The van der Waals surface area contributed by atoms with E-state index in [1.165, 1.54) is 4.57 Å². The molecule has 5 nitrogen and oxygen atoms in total. The van der Waals surface area contributed by atoms with Crippen molar-refractivity contribution in [2.24, 2.45) is 0 Å². The molecule has 0 atom stereocenters. The number of carbonyl (C=O) groups excluding carboxylic acids is 2. The van der Waals surface area contributed by atoms with Crippen molar-refractivity contribution < 1.29 is 19.1 Å². The lowest BCUT2D eigenvalue weighted by Crippen LogP contribution is -2.27. The molecule has 140 valence electrons. The van der Waals surface area contributed by atoms with Crippen molar-refractivity contribution in [2.75, 3.05) is 0 Å². The van der Waals surface area contributed by atoms with Gasteiger partial charge in [0.15, 0.2) is 0 Å². The molecular weight excluding hydrogens is 342 g/mol. The van der Waals surface area contributed by atoms with E-state index >= 15 is 0 Å². The van der Waals surface area contributed by atoms with Crippen LogP contribution in [0.1, 0.15) is 42.4 Å². The molecule has 1 aromatic heterocycles. The van der Waals surface area contributed by atoms with E-state index in [9.17, 15) is 9.59 Å². The highest BCUT2D eigenvalue weighted by Crippen LogP contribution is 2.25. The zero-order valence-corrected chi connectivity index (χ0v) is 16.0. The van der Waals surface area contributed by atoms with Crippen LogP contribution in [0.3, 0.4) is 0 Å². The Labute approximate surface area is 158 Å². The Bertz CT molecular complexity index is 981. The smallest absolute Gasteiger partial charge is 0.419 e. The largest absolute Gasteiger partial charge is 0.457 e. The number of aryl methyl sites for hydroxylation is 1.